The summed E-state index contributed by atoms with van der Waals surface area (Å²) in [6.07, 6.45) is 0.0341. The lowest BCUT2D eigenvalue weighted by atomic mass is 10.3. The van der Waals surface area contributed by atoms with Crippen LogP contribution < -0.4 is 0 Å². The lowest BCUT2D eigenvalue weighted by Gasteiger charge is -2.38. The fourth-order valence-corrected chi connectivity index (χ4v) is 3.90. The number of hydrogen-bond donors (Lipinski definition) is 0. The maximum absolute atomic E-state index is 9.28. The first-order valence-electron chi connectivity index (χ1n) is 5.45. The molecule has 0 aromatic rings. The van der Waals surface area contributed by atoms with E-state index in [0.717, 1.165) is 26.2 Å². The molecule has 0 aromatic heterocycles. The molecule has 84 valence electrons. The molecule has 15 heavy (non-hydrogen) atoms. The Kier molecular flexibility index (Phi) is 4.63. The van der Waals surface area contributed by atoms with Crippen molar-refractivity contribution in [3.8, 4) is 6.07 Å². The fraction of sp³-hybridized carbons (Fsp3) is 0.900. The Labute approximate surface area is 100 Å². The summed E-state index contributed by atoms with van der Waals surface area (Å²) in [5, 5.41) is 9.28. The Balaban J connectivity index is 1.92. The molecule has 2 rings (SSSR count). The smallest absolute Gasteiger partial charge is 0.153 e. The highest BCUT2D eigenvalue weighted by Crippen LogP contribution is 2.17. The molecule has 0 radical (unpaired) electrons. The van der Waals surface area contributed by atoms with E-state index < -0.39 is 0 Å². The molecule has 0 atom stereocenters. The molecule has 0 N–H and O–H groups in total. The van der Waals surface area contributed by atoms with Crippen LogP contribution in [0.5, 0.6) is 0 Å². The largest absolute Gasteiger partial charge is 0.274 e. The lowest BCUT2D eigenvalue weighted by molar-refractivity contribution is 0.0976. The normalized spacial score (nSPS) is 25.3. The molecule has 2 heterocycles. The molecule has 0 bridgehead atoms. The van der Waals surface area contributed by atoms with Gasteiger partial charge in [-0.15, -0.1) is 0 Å². The van der Waals surface area contributed by atoms with Crippen molar-refractivity contribution in [2.24, 2.45) is 0 Å². The Morgan fingerprint density at radius 3 is 1.60 bits per heavy atom. The molecule has 2 aliphatic rings. The van der Waals surface area contributed by atoms with Crippen molar-refractivity contribution in [3.05, 3.63) is 0 Å². The summed E-state index contributed by atoms with van der Waals surface area (Å²) in [6, 6.07) is 2.47. The van der Waals surface area contributed by atoms with Crippen molar-refractivity contribution in [3.63, 3.8) is 0 Å². The fourth-order valence-electron chi connectivity index (χ4n) is 2.04. The van der Waals surface area contributed by atoms with Gasteiger partial charge < -0.3 is 0 Å². The first-order chi connectivity index (χ1) is 7.42. The van der Waals surface area contributed by atoms with Crippen LogP contribution >= 0.6 is 23.5 Å². The molecule has 5 heteroatoms. The van der Waals surface area contributed by atoms with Crippen LogP contribution in [0.15, 0.2) is 0 Å². The third-order valence-corrected chi connectivity index (χ3v) is 4.78. The number of hydrogen-bond acceptors (Lipinski definition) is 5. The molecular weight excluding hydrogens is 226 g/mol. The second-order valence-corrected chi connectivity index (χ2v) is 6.25. The average Bonchev–Trinajstić information content (AvgIpc) is 2.33. The second-order valence-electron chi connectivity index (χ2n) is 3.80. The van der Waals surface area contributed by atoms with Crippen molar-refractivity contribution in [1.82, 2.24) is 9.80 Å². The van der Waals surface area contributed by atoms with E-state index in [4.69, 9.17) is 0 Å². The van der Waals surface area contributed by atoms with Gasteiger partial charge in [-0.25, -0.2) is 0 Å². The third-order valence-electron chi connectivity index (χ3n) is 2.90. The van der Waals surface area contributed by atoms with Crippen LogP contribution in [0.3, 0.4) is 0 Å². The van der Waals surface area contributed by atoms with Crippen molar-refractivity contribution < 1.29 is 0 Å². The molecule has 3 nitrogen and oxygen atoms in total. The predicted molar refractivity (Wildman–Crippen MR) is 67.2 cm³/mol. The van der Waals surface area contributed by atoms with E-state index in [0.29, 0.717) is 0 Å². The van der Waals surface area contributed by atoms with Gasteiger partial charge in [0.1, 0.15) is 0 Å². The minimum atomic E-state index is 0.0341. The highest BCUT2D eigenvalue weighted by Gasteiger charge is 2.27. The van der Waals surface area contributed by atoms with Gasteiger partial charge in [0.25, 0.3) is 0 Å². The van der Waals surface area contributed by atoms with E-state index in [1.165, 1.54) is 23.0 Å². The van der Waals surface area contributed by atoms with E-state index in [1.807, 2.05) is 23.5 Å². The highest BCUT2D eigenvalue weighted by atomic mass is 32.2. The number of thioether (sulfide) groups is 2. The van der Waals surface area contributed by atoms with Gasteiger partial charge in [0.05, 0.1) is 6.07 Å². The summed E-state index contributed by atoms with van der Waals surface area (Å²) in [5.41, 5.74) is 0. The third kappa shape index (κ3) is 3.04. The van der Waals surface area contributed by atoms with Crippen molar-refractivity contribution in [1.29, 1.82) is 5.26 Å². The summed E-state index contributed by atoms with van der Waals surface area (Å²) in [6.45, 7) is 4.30. The van der Waals surface area contributed by atoms with Crippen molar-refractivity contribution in [2.75, 3.05) is 49.2 Å². The Morgan fingerprint density at radius 1 is 0.867 bits per heavy atom. The topological polar surface area (TPSA) is 30.3 Å². The number of nitrogens with zero attached hydrogens (tertiary/aromatic N) is 3. The van der Waals surface area contributed by atoms with Gasteiger partial charge in [0.2, 0.25) is 0 Å². The molecule has 0 saturated carbocycles. The van der Waals surface area contributed by atoms with Crippen LogP contribution in [0.25, 0.3) is 0 Å². The lowest BCUT2D eigenvalue weighted by Crippen LogP contribution is -2.52. The summed E-state index contributed by atoms with van der Waals surface area (Å²) < 4.78 is 0. The molecule has 0 aliphatic carbocycles. The van der Waals surface area contributed by atoms with Gasteiger partial charge in [-0.2, -0.15) is 28.8 Å². The van der Waals surface area contributed by atoms with E-state index in [9.17, 15) is 5.26 Å². The van der Waals surface area contributed by atoms with E-state index in [1.54, 1.807) is 0 Å². The molecule has 0 spiro atoms. The average molecular weight is 243 g/mol. The van der Waals surface area contributed by atoms with Gasteiger partial charge >= 0.3 is 0 Å². The minimum absolute atomic E-state index is 0.0341. The first kappa shape index (κ1) is 11.6. The molecule has 0 amide bonds. The van der Waals surface area contributed by atoms with Crippen molar-refractivity contribution in [2.45, 2.75) is 6.17 Å². The Hall–Kier alpha value is 0.110. The number of rotatable bonds is 2. The molecule has 2 aliphatic heterocycles. The van der Waals surface area contributed by atoms with E-state index >= 15 is 0 Å². The Bertz CT molecular complexity index is 211. The summed E-state index contributed by atoms with van der Waals surface area (Å²) in [7, 11) is 0. The first-order valence-corrected chi connectivity index (χ1v) is 7.76. The summed E-state index contributed by atoms with van der Waals surface area (Å²) in [5.74, 6) is 4.73. The monoisotopic (exact) mass is 243 g/mol. The molecule has 2 saturated heterocycles. The molecule has 2 fully saturated rings. The highest BCUT2D eigenvalue weighted by molar-refractivity contribution is 7.99. The van der Waals surface area contributed by atoms with Crippen LogP contribution in [0, 0.1) is 11.3 Å². The van der Waals surface area contributed by atoms with Crippen LogP contribution in [0.2, 0.25) is 0 Å². The standard InChI is InChI=1S/C10H17N3S2/c11-9-10(12-1-5-14-6-2-12)13-3-7-15-8-4-13/h10H,1-8H2. The van der Waals surface area contributed by atoms with E-state index in [2.05, 4.69) is 15.9 Å². The zero-order valence-electron chi connectivity index (χ0n) is 8.89. The molecule has 0 unspecified atom stereocenters. The quantitative estimate of drug-likeness (QED) is 0.720. The molecule has 0 aromatic carbocycles. The van der Waals surface area contributed by atoms with Crippen LogP contribution in [-0.2, 0) is 0 Å². The summed E-state index contributed by atoms with van der Waals surface area (Å²) >= 11 is 4.00. The minimum Gasteiger partial charge on any atom is -0.274 e. The van der Waals surface area contributed by atoms with Gasteiger partial charge in [-0.3, -0.25) is 9.80 Å². The van der Waals surface area contributed by atoms with Crippen molar-refractivity contribution >= 4 is 23.5 Å². The summed E-state index contributed by atoms with van der Waals surface area (Å²) in [4.78, 5) is 4.68. The second kappa shape index (κ2) is 6.00. The van der Waals surface area contributed by atoms with Crippen LogP contribution in [0.1, 0.15) is 0 Å². The predicted octanol–water partition coefficient (Wildman–Crippen LogP) is 0.934. The number of nitriles is 1. The Morgan fingerprint density at radius 2 is 1.27 bits per heavy atom. The maximum Gasteiger partial charge on any atom is 0.153 e. The zero-order chi connectivity index (χ0) is 10.5. The van der Waals surface area contributed by atoms with Gasteiger partial charge in [-0.05, 0) is 0 Å². The SMILES string of the molecule is N#CC(N1CCSCC1)N1CCSCC1. The van der Waals surface area contributed by atoms with Crippen LogP contribution in [-0.4, -0.2) is 65.2 Å². The van der Waals surface area contributed by atoms with Gasteiger partial charge in [0.15, 0.2) is 6.17 Å². The van der Waals surface area contributed by atoms with Crippen LogP contribution in [0.4, 0.5) is 0 Å². The maximum atomic E-state index is 9.28. The van der Waals surface area contributed by atoms with E-state index in [-0.39, 0.29) is 6.17 Å². The van der Waals surface area contributed by atoms with Gasteiger partial charge in [-0.1, -0.05) is 0 Å². The zero-order valence-corrected chi connectivity index (χ0v) is 10.5. The van der Waals surface area contributed by atoms with Gasteiger partial charge in [0, 0.05) is 49.2 Å². The molecular formula is C10H17N3S2.